The Morgan fingerprint density at radius 3 is 2.48 bits per heavy atom. The van der Waals surface area contributed by atoms with Crippen LogP contribution in [-0.4, -0.2) is 41.6 Å². The number of hydrogen-bond acceptors (Lipinski definition) is 3. The summed E-state index contributed by atoms with van der Waals surface area (Å²) in [6.07, 6.45) is 0.726. The highest BCUT2D eigenvalue weighted by molar-refractivity contribution is 5.83. The number of hydrogen-bond donors (Lipinski definition) is 2. The number of likely N-dealkylation sites (N-methyl/N-ethyl adjacent to an activating group) is 1. The summed E-state index contributed by atoms with van der Waals surface area (Å²) in [5.74, 6) is -0.405. The molecule has 1 amide bonds. The van der Waals surface area contributed by atoms with Gasteiger partial charge in [-0.3, -0.25) is 14.8 Å². The number of aromatic amines is 1. The van der Waals surface area contributed by atoms with E-state index in [1.807, 2.05) is 32.8 Å². The van der Waals surface area contributed by atoms with Crippen molar-refractivity contribution in [1.29, 1.82) is 0 Å². The first kappa shape index (κ1) is 17.1. The van der Waals surface area contributed by atoms with Crippen LogP contribution in [0.1, 0.15) is 28.6 Å². The molecule has 1 atom stereocenters. The molecule has 0 aliphatic rings. The lowest BCUT2D eigenvalue weighted by Crippen LogP contribution is -2.38. The van der Waals surface area contributed by atoms with E-state index in [9.17, 15) is 9.18 Å². The molecule has 2 rings (SSSR count). The van der Waals surface area contributed by atoms with E-state index in [4.69, 9.17) is 0 Å². The molecule has 6 heteroatoms. The van der Waals surface area contributed by atoms with Gasteiger partial charge >= 0.3 is 0 Å². The van der Waals surface area contributed by atoms with Gasteiger partial charge in [0.05, 0.1) is 5.69 Å². The molecule has 23 heavy (non-hydrogen) atoms. The molecule has 124 valence electrons. The van der Waals surface area contributed by atoms with E-state index in [0.717, 1.165) is 28.9 Å². The Morgan fingerprint density at radius 1 is 1.30 bits per heavy atom. The minimum absolute atomic E-state index is 0.0968. The van der Waals surface area contributed by atoms with Crippen LogP contribution in [0, 0.1) is 19.7 Å². The second kappa shape index (κ2) is 7.37. The summed E-state index contributed by atoms with van der Waals surface area (Å²) in [5, 5.41) is 10.0. The third-order valence-corrected chi connectivity index (χ3v) is 3.91. The topological polar surface area (TPSA) is 61.0 Å². The molecule has 1 heterocycles. The van der Waals surface area contributed by atoms with Gasteiger partial charge in [0.1, 0.15) is 11.9 Å². The third-order valence-electron chi connectivity index (χ3n) is 3.91. The van der Waals surface area contributed by atoms with Crippen molar-refractivity contribution in [3.05, 3.63) is 52.6 Å². The first-order valence-electron chi connectivity index (χ1n) is 7.60. The van der Waals surface area contributed by atoms with Crippen molar-refractivity contribution in [3.8, 4) is 0 Å². The number of aromatic nitrogens is 2. The van der Waals surface area contributed by atoms with Crippen molar-refractivity contribution >= 4 is 5.91 Å². The van der Waals surface area contributed by atoms with Crippen LogP contribution in [0.5, 0.6) is 0 Å². The Labute approximate surface area is 135 Å². The summed E-state index contributed by atoms with van der Waals surface area (Å²) in [5.41, 5.74) is 3.89. The van der Waals surface area contributed by atoms with Gasteiger partial charge < -0.3 is 5.32 Å². The van der Waals surface area contributed by atoms with E-state index < -0.39 is 6.04 Å². The average Bonchev–Trinajstić information content (AvgIpc) is 2.81. The van der Waals surface area contributed by atoms with Crippen LogP contribution in [0.4, 0.5) is 4.39 Å². The highest BCUT2D eigenvalue weighted by atomic mass is 19.1. The van der Waals surface area contributed by atoms with E-state index in [2.05, 4.69) is 15.5 Å². The maximum absolute atomic E-state index is 13.1. The predicted molar refractivity (Wildman–Crippen MR) is 87.6 cm³/mol. The number of amides is 1. The van der Waals surface area contributed by atoms with Crippen molar-refractivity contribution in [3.63, 3.8) is 0 Å². The number of carbonyl (C=O) groups is 1. The molecule has 2 aromatic rings. The van der Waals surface area contributed by atoms with Gasteiger partial charge in [-0.15, -0.1) is 0 Å². The zero-order chi connectivity index (χ0) is 17.0. The molecule has 0 saturated heterocycles. The third kappa shape index (κ3) is 4.16. The lowest BCUT2D eigenvalue weighted by molar-refractivity contribution is -0.125. The maximum atomic E-state index is 13.1. The minimum atomic E-state index is -0.442. The summed E-state index contributed by atoms with van der Waals surface area (Å²) in [6, 6.07) is 5.59. The number of halogens is 1. The first-order valence-corrected chi connectivity index (χ1v) is 7.60. The van der Waals surface area contributed by atoms with Crippen LogP contribution in [0.25, 0.3) is 0 Å². The molecule has 0 aliphatic heterocycles. The van der Waals surface area contributed by atoms with Crippen LogP contribution in [-0.2, 0) is 11.2 Å². The van der Waals surface area contributed by atoms with Gasteiger partial charge in [0.25, 0.3) is 0 Å². The zero-order valence-electron chi connectivity index (χ0n) is 14.0. The Bertz CT molecular complexity index is 644. The van der Waals surface area contributed by atoms with E-state index in [1.54, 1.807) is 12.1 Å². The van der Waals surface area contributed by atoms with Gasteiger partial charge in [-0.1, -0.05) is 12.1 Å². The van der Waals surface area contributed by atoms with Crippen molar-refractivity contribution < 1.29 is 9.18 Å². The molecular weight excluding hydrogens is 295 g/mol. The van der Waals surface area contributed by atoms with Gasteiger partial charge in [0.15, 0.2) is 0 Å². The highest BCUT2D eigenvalue weighted by Crippen LogP contribution is 2.19. The lowest BCUT2D eigenvalue weighted by atomic mass is 10.0. The molecule has 2 N–H and O–H groups in total. The monoisotopic (exact) mass is 318 g/mol. The SMILES string of the molecule is Cc1n[nH]c(C)c1CCNC(=O)[C@H](c1ccc(F)cc1)N(C)C. The molecular formula is C17H23FN4O. The minimum Gasteiger partial charge on any atom is -0.354 e. The summed E-state index contributed by atoms with van der Waals surface area (Å²) >= 11 is 0. The van der Waals surface area contributed by atoms with E-state index in [0.29, 0.717) is 6.54 Å². The van der Waals surface area contributed by atoms with E-state index >= 15 is 0 Å². The Balaban J connectivity index is 2.00. The van der Waals surface area contributed by atoms with Crippen molar-refractivity contribution in [1.82, 2.24) is 20.4 Å². The van der Waals surface area contributed by atoms with Crippen molar-refractivity contribution in [2.45, 2.75) is 26.3 Å². The van der Waals surface area contributed by atoms with E-state index in [-0.39, 0.29) is 11.7 Å². The fourth-order valence-corrected chi connectivity index (χ4v) is 2.68. The fourth-order valence-electron chi connectivity index (χ4n) is 2.68. The molecule has 0 bridgehead atoms. The van der Waals surface area contributed by atoms with Gasteiger partial charge in [0.2, 0.25) is 5.91 Å². The quantitative estimate of drug-likeness (QED) is 0.858. The normalized spacial score (nSPS) is 12.4. The number of aryl methyl sites for hydroxylation is 2. The summed E-state index contributed by atoms with van der Waals surface area (Å²) in [6.45, 7) is 4.45. The van der Waals surface area contributed by atoms with Gasteiger partial charge in [-0.05, 0) is 57.6 Å². The molecule has 0 spiro atoms. The van der Waals surface area contributed by atoms with Crippen LogP contribution in [0.3, 0.4) is 0 Å². The van der Waals surface area contributed by atoms with Gasteiger partial charge in [-0.25, -0.2) is 4.39 Å². The second-order valence-corrected chi connectivity index (χ2v) is 5.87. The molecule has 0 unspecified atom stereocenters. The highest BCUT2D eigenvalue weighted by Gasteiger charge is 2.22. The zero-order valence-corrected chi connectivity index (χ0v) is 14.0. The van der Waals surface area contributed by atoms with Crippen molar-refractivity contribution in [2.24, 2.45) is 0 Å². The summed E-state index contributed by atoms with van der Waals surface area (Å²) < 4.78 is 13.1. The van der Waals surface area contributed by atoms with Crippen LogP contribution in [0.15, 0.2) is 24.3 Å². The predicted octanol–water partition coefficient (Wildman–Crippen LogP) is 2.13. The first-order chi connectivity index (χ1) is 10.9. The average molecular weight is 318 g/mol. The molecule has 1 aromatic heterocycles. The van der Waals surface area contributed by atoms with Crippen LogP contribution < -0.4 is 5.32 Å². The lowest BCUT2D eigenvalue weighted by Gasteiger charge is -2.24. The van der Waals surface area contributed by atoms with Crippen LogP contribution in [0.2, 0.25) is 0 Å². The number of benzene rings is 1. The van der Waals surface area contributed by atoms with Crippen molar-refractivity contribution in [2.75, 3.05) is 20.6 Å². The Kier molecular flexibility index (Phi) is 5.50. The second-order valence-electron chi connectivity index (χ2n) is 5.87. The molecule has 0 aliphatic carbocycles. The number of nitrogens with zero attached hydrogens (tertiary/aromatic N) is 2. The molecule has 5 nitrogen and oxygen atoms in total. The summed E-state index contributed by atoms with van der Waals surface area (Å²) in [7, 11) is 3.66. The molecule has 0 saturated carbocycles. The Morgan fingerprint density at radius 2 is 1.96 bits per heavy atom. The number of rotatable bonds is 6. The number of H-pyrrole nitrogens is 1. The van der Waals surface area contributed by atoms with E-state index in [1.165, 1.54) is 12.1 Å². The molecule has 1 aromatic carbocycles. The van der Waals surface area contributed by atoms with Gasteiger partial charge in [-0.2, -0.15) is 5.10 Å². The number of carbonyl (C=O) groups excluding carboxylic acids is 1. The Hall–Kier alpha value is -2.21. The molecule has 0 fully saturated rings. The maximum Gasteiger partial charge on any atom is 0.241 e. The standard InChI is InChI=1S/C17H23FN4O/c1-11-15(12(2)21-20-11)9-10-19-17(23)16(22(3)4)13-5-7-14(18)8-6-13/h5-8,16H,9-10H2,1-4H3,(H,19,23)(H,20,21)/t16-/m0/s1. The van der Waals surface area contributed by atoms with Gasteiger partial charge in [0, 0.05) is 12.2 Å². The van der Waals surface area contributed by atoms with Crippen LogP contribution >= 0.6 is 0 Å². The largest absolute Gasteiger partial charge is 0.354 e. The number of nitrogens with one attached hydrogen (secondary N) is 2. The summed E-state index contributed by atoms with van der Waals surface area (Å²) in [4.78, 5) is 14.3. The fraction of sp³-hybridized carbons (Fsp3) is 0.412. The molecule has 0 radical (unpaired) electrons. The smallest absolute Gasteiger partial charge is 0.241 e.